The van der Waals surface area contributed by atoms with Crippen LogP contribution in [0.25, 0.3) is 0 Å². The van der Waals surface area contributed by atoms with Crippen molar-refractivity contribution in [2.45, 2.75) is 54.5 Å². The standard InChI is InChI=1S/C22H27N3O6S2/c1-15-5-9-17(10-6-15)33(29,30)25-13-3-4-20(25)22(26)23-19-14-18(11-12-21(19)31-2)32(27,28)24-16-7-8-16/h5-6,9-12,14,16,20,24H,3-4,7-8,13H2,1-2H3,(H,23,26)/t20-/m0/s1. The predicted molar refractivity (Wildman–Crippen MR) is 123 cm³/mol. The number of rotatable bonds is 8. The van der Waals surface area contributed by atoms with Crippen LogP contribution in [0.4, 0.5) is 5.69 Å². The quantitative estimate of drug-likeness (QED) is 0.582. The fourth-order valence-electron chi connectivity index (χ4n) is 3.79. The Labute approximate surface area is 194 Å². The second-order valence-corrected chi connectivity index (χ2v) is 11.9. The number of ether oxygens (including phenoxy) is 1. The van der Waals surface area contributed by atoms with Gasteiger partial charge in [-0.15, -0.1) is 0 Å². The fraction of sp³-hybridized carbons (Fsp3) is 0.409. The van der Waals surface area contributed by atoms with Crippen molar-refractivity contribution in [3.8, 4) is 5.75 Å². The van der Waals surface area contributed by atoms with Crippen LogP contribution in [0.1, 0.15) is 31.2 Å². The minimum absolute atomic E-state index is 0.000977. The first-order valence-electron chi connectivity index (χ1n) is 10.7. The molecule has 2 aromatic carbocycles. The molecule has 0 bridgehead atoms. The highest BCUT2D eigenvalue weighted by Gasteiger charge is 2.39. The van der Waals surface area contributed by atoms with Gasteiger partial charge in [0.2, 0.25) is 26.0 Å². The first-order chi connectivity index (χ1) is 15.6. The average Bonchev–Trinajstić information content (AvgIpc) is 3.42. The summed E-state index contributed by atoms with van der Waals surface area (Å²) in [6.45, 7) is 2.09. The third-order valence-corrected chi connectivity index (χ3v) is 9.21. The van der Waals surface area contributed by atoms with Gasteiger partial charge in [0.05, 0.1) is 22.6 Å². The molecule has 1 heterocycles. The van der Waals surface area contributed by atoms with Crippen LogP contribution in [0.5, 0.6) is 5.75 Å². The Morgan fingerprint density at radius 3 is 2.30 bits per heavy atom. The number of nitrogens with one attached hydrogen (secondary N) is 2. The summed E-state index contributed by atoms with van der Waals surface area (Å²) >= 11 is 0. The molecule has 2 aromatic rings. The van der Waals surface area contributed by atoms with Crippen LogP contribution in [-0.4, -0.2) is 52.8 Å². The topological polar surface area (TPSA) is 122 Å². The van der Waals surface area contributed by atoms with E-state index < -0.39 is 32.0 Å². The first kappa shape index (κ1) is 23.7. The summed E-state index contributed by atoms with van der Waals surface area (Å²) in [5.74, 6) is -0.258. The lowest BCUT2D eigenvalue weighted by molar-refractivity contribution is -0.119. The molecule has 1 atom stereocenters. The molecule has 0 radical (unpaired) electrons. The predicted octanol–water partition coefficient (Wildman–Crippen LogP) is 2.24. The molecule has 0 spiro atoms. The Kier molecular flexibility index (Phi) is 6.50. The van der Waals surface area contributed by atoms with Gasteiger partial charge in [0, 0.05) is 12.6 Å². The summed E-state index contributed by atoms with van der Waals surface area (Å²) in [4.78, 5) is 13.3. The highest BCUT2D eigenvalue weighted by atomic mass is 32.2. The maximum atomic E-state index is 13.2. The zero-order valence-corrected chi connectivity index (χ0v) is 20.1. The Morgan fingerprint density at radius 1 is 1.00 bits per heavy atom. The van der Waals surface area contributed by atoms with Crippen LogP contribution in [0.2, 0.25) is 0 Å². The third kappa shape index (κ3) is 5.06. The van der Waals surface area contributed by atoms with E-state index in [4.69, 9.17) is 4.74 Å². The molecular formula is C22H27N3O6S2. The van der Waals surface area contributed by atoms with Crippen LogP contribution < -0.4 is 14.8 Å². The van der Waals surface area contributed by atoms with E-state index in [-0.39, 0.29) is 33.8 Å². The summed E-state index contributed by atoms with van der Waals surface area (Å²) < 4.78 is 60.6. The van der Waals surface area contributed by atoms with Crippen LogP contribution in [-0.2, 0) is 24.8 Å². The largest absolute Gasteiger partial charge is 0.495 e. The molecule has 1 saturated heterocycles. The minimum Gasteiger partial charge on any atom is -0.495 e. The van der Waals surface area contributed by atoms with Crippen molar-refractivity contribution in [3.05, 3.63) is 48.0 Å². The van der Waals surface area contributed by atoms with E-state index in [2.05, 4.69) is 10.0 Å². The van der Waals surface area contributed by atoms with Gasteiger partial charge in [-0.3, -0.25) is 4.79 Å². The average molecular weight is 494 g/mol. The van der Waals surface area contributed by atoms with E-state index in [9.17, 15) is 21.6 Å². The van der Waals surface area contributed by atoms with Crippen molar-refractivity contribution >= 4 is 31.6 Å². The number of anilines is 1. The molecule has 11 heteroatoms. The van der Waals surface area contributed by atoms with Crippen molar-refractivity contribution in [3.63, 3.8) is 0 Å². The van der Waals surface area contributed by atoms with Gasteiger partial charge in [0.1, 0.15) is 11.8 Å². The molecule has 9 nitrogen and oxygen atoms in total. The number of sulfonamides is 2. The van der Waals surface area contributed by atoms with Crippen molar-refractivity contribution in [2.75, 3.05) is 19.0 Å². The van der Waals surface area contributed by atoms with Gasteiger partial charge in [-0.2, -0.15) is 4.31 Å². The number of hydrogen-bond acceptors (Lipinski definition) is 6. The summed E-state index contributed by atoms with van der Waals surface area (Å²) in [5.41, 5.74) is 1.10. The van der Waals surface area contributed by atoms with Gasteiger partial charge in [0.25, 0.3) is 0 Å². The number of amides is 1. The minimum atomic E-state index is -3.86. The third-order valence-electron chi connectivity index (χ3n) is 5.77. The highest BCUT2D eigenvalue weighted by molar-refractivity contribution is 7.89. The van der Waals surface area contributed by atoms with Crippen LogP contribution >= 0.6 is 0 Å². The van der Waals surface area contributed by atoms with E-state index in [0.717, 1.165) is 18.4 Å². The lowest BCUT2D eigenvalue weighted by atomic mass is 10.2. The summed E-state index contributed by atoms with van der Waals surface area (Å²) in [5, 5.41) is 2.69. The van der Waals surface area contributed by atoms with Gasteiger partial charge >= 0.3 is 0 Å². The molecular weight excluding hydrogens is 466 g/mol. The van der Waals surface area contributed by atoms with Crippen LogP contribution in [0.15, 0.2) is 52.3 Å². The van der Waals surface area contributed by atoms with Gasteiger partial charge in [-0.05, 0) is 62.9 Å². The number of carbonyl (C=O) groups excluding carboxylic acids is 1. The first-order valence-corrected chi connectivity index (χ1v) is 13.6. The second kappa shape index (κ2) is 9.05. The van der Waals surface area contributed by atoms with Gasteiger partial charge in [-0.1, -0.05) is 17.7 Å². The van der Waals surface area contributed by atoms with Crippen LogP contribution in [0.3, 0.4) is 0 Å². The molecule has 2 N–H and O–H groups in total. The van der Waals surface area contributed by atoms with Crippen molar-refractivity contribution in [1.29, 1.82) is 0 Å². The summed E-state index contributed by atoms with van der Waals surface area (Å²) in [7, 11) is -6.19. The van der Waals surface area contributed by atoms with E-state index in [0.29, 0.717) is 12.8 Å². The lowest BCUT2D eigenvalue weighted by Crippen LogP contribution is -2.43. The molecule has 33 heavy (non-hydrogen) atoms. The normalized spacial score (nSPS) is 19.4. The molecule has 1 aliphatic carbocycles. The highest BCUT2D eigenvalue weighted by Crippen LogP contribution is 2.31. The number of carbonyl (C=O) groups is 1. The molecule has 0 unspecified atom stereocenters. The number of hydrogen-bond donors (Lipinski definition) is 2. The molecule has 178 valence electrons. The van der Waals surface area contributed by atoms with Crippen molar-refractivity contribution < 1.29 is 26.4 Å². The zero-order chi connectivity index (χ0) is 23.8. The number of benzene rings is 2. The Hall–Kier alpha value is -2.47. The molecule has 0 aromatic heterocycles. The maximum Gasteiger partial charge on any atom is 0.243 e. The summed E-state index contributed by atoms with van der Waals surface area (Å²) in [6, 6.07) is 9.71. The molecule has 2 fully saturated rings. The Balaban J connectivity index is 1.58. The maximum absolute atomic E-state index is 13.2. The Morgan fingerprint density at radius 2 is 1.67 bits per heavy atom. The molecule has 1 amide bonds. The van der Waals surface area contributed by atoms with Gasteiger partial charge in [-0.25, -0.2) is 21.6 Å². The Bertz CT molecular complexity index is 1260. The molecule has 2 aliphatic rings. The number of methoxy groups -OCH3 is 1. The van der Waals surface area contributed by atoms with Crippen LogP contribution in [0, 0.1) is 6.92 Å². The van der Waals surface area contributed by atoms with Crippen molar-refractivity contribution in [1.82, 2.24) is 9.03 Å². The second-order valence-electron chi connectivity index (χ2n) is 8.33. The number of nitrogens with zero attached hydrogens (tertiary/aromatic N) is 1. The monoisotopic (exact) mass is 493 g/mol. The van der Waals surface area contributed by atoms with E-state index in [1.807, 2.05) is 6.92 Å². The lowest BCUT2D eigenvalue weighted by Gasteiger charge is -2.24. The molecule has 1 saturated carbocycles. The van der Waals surface area contributed by atoms with E-state index in [1.165, 1.54) is 41.7 Å². The van der Waals surface area contributed by atoms with Gasteiger partial charge in [0.15, 0.2) is 0 Å². The fourth-order valence-corrected chi connectivity index (χ4v) is 6.78. The molecule has 1 aliphatic heterocycles. The molecule has 4 rings (SSSR count). The van der Waals surface area contributed by atoms with Crippen molar-refractivity contribution in [2.24, 2.45) is 0 Å². The number of aryl methyl sites for hydroxylation is 1. The van der Waals surface area contributed by atoms with E-state index in [1.54, 1.807) is 12.1 Å². The smallest absolute Gasteiger partial charge is 0.243 e. The zero-order valence-electron chi connectivity index (χ0n) is 18.4. The SMILES string of the molecule is COc1ccc(S(=O)(=O)NC2CC2)cc1NC(=O)[C@@H]1CCCN1S(=O)(=O)c1ccc(C)cc1. The summed E-state index contributed by atoms with van der Waals surface area (Å²) in [6.07, 6.45) is 2.50. The van der Waals surface area contributed by atoms with E-state index >= 15 is 0 Å². The van der Waals surface area contributed by atoms with Gasteiger partial charge < -0.3 is 10.1 Å².